The average molecular weight is 947 g/mol. The van der Waals surface area contributed by atoms with Crippen LogP contribution in [0.4, 0.5) is 40.9 Å². The molecule has 4 heterocycles. The summed E-state index contributed by atoms with van der Waals surface area (Å²) in [5.41, 5.74) is -2.49. The van der Waals surface area contributed by atoms with Gasteiger partial charge in [0.2, 0.25) is 15.9 Å². The van der Waals surface area contributed by atoms with E-state index in [0.717, 1.165) is 23.0 Å². The first-order valence-electron chi connectivity index (χ1n) is 19.5. The van der Waals surface area contributed by atoms with Crippen molar-refractivity contribution in [2.75, 3.05) is 11.0 Å². The van der Waals surface area contributed by atoms with Gasteiger partial charge in [0.05, 0.1) is 56.2 Å². The van der Waals surface area contributed by atoms with E-state index in [-0.39, 0.29) is 50.1 Å². The number of benzene rings is 3. The first-order valence-corrected chi connectivity index (χ1v) is 21.8. The molecular formula is C41H31ClF8N10O4S. The van der Waals surface area contributed by atoms with Gasteiger partial charge in [-0.25, -0.2) is 39.7 Å². The first-order chi connectivity index (χ1) is 30.7. The van der Waals surface area contributed by atoms with Crippen LogP contribution >= 0.6 is 11.6 Å². The van der Waals surface area contributed by atoms with Gasteiger partial charge in [0, 0.05) is 29.5 Å². The van der Waals surface area contributed by atoms with E-state index in [9.17, 15) is 39.6 Å². The van der Waals surface area contributed by atoms with E-state index in [1.165, 1.54) is 30.3 Å². The van der Waals surface area contributed by atoms with Crippen molar-refractivity contribution < 1.29 is 48.3 Å². The molecule has 7 aromatic rings. The van der Waals surface area contributed by atoms with Crippen LogP contribution in [0.2, 0.25) is 5.02 Å². The molecule has 0 saturated heterocycles. The van der Waals surface area contributed by atoms with E-state index < -0.39 is 112 Å². The van der Waals surface area contributed by atoms with Gasteiger partial charge in [-0.15, -0.1) is 0 Å². The van der Waals surface area contributed by atoms with Gasteiger partial charge in [0.15, 0.2) is 5.82 Å². The van der Waals surface area contributed by atoms with Crippen LogP contribution in [0, 0.1) is 24.5 Å². The van der Waals surface area contributed by atoms with Crippen molar-refractivity contribution in [1.82, 2.24) is 44.6 Å². The molecule has 24 heteroatoms. The Hall–Kier alpha value is -6.49. The summed E-state index contributed by atoms with van der Waals surface area (Å²) in [6.45, 7) is -0.525. The minimum absolute atomic E-state index is 0.0484. The smallest absolute Gasteiger partial charge is 0.293 e. The molecule has 338 valence electrons. The minimum Gasteiger partial charge on any atom is -0.344 e. The van der Waals surface area contributed by atoms with Crippen molar-refractivity contribution in [3.05, 3.63) is 122 Å². The highest BCUT2D eigenvalue weighted by Crippen LogP contribution is 2.68. The number of anilines is 1. The van der Waals surface area contributed by atoms with Crippen LogP contribution in [0.25, 0.3) is 38.8 Å². The lowest BCUT2D eigenvalue weighted by atomic mass is 10.0. The highest BCUT2D eigenvalue weighted by molar-refractivity contribution is 7.92. The van der Waals surface area contributed by atoms with E-state index in [1.807, 2.05) is 0 Å². The van der Waals surface area contributed by atoms with Crippen molar-refractivity contribution >= 4 is 55.2 Å². The molecule has 0 bridgehead atoms. The summed E-state index contributed by atoms with van der Waals surface area (Å²) < 4.78 is 147. The number of aromatic nitrogens is 8. The predicted molar refractivity (Wildman–Crippen MR) is 219 cm³/mol. The van der Waals surface area contributed by atoms with Gasteiger partial charge in [0.25, 0.3) is 24.3 Å². The number of nitrogens with zero attached hydrogens (tertiary/aromatic N) is 8. The number of sulfonamides is 1. The molecule has 4 aromatic heterocycles. The third-order valence-electron chi connectivity index (χ3n) is 11.1. The number of carbonyl (C=O) groups excluding carboxylic acids is 1. The van der Waals surface area contributed by atoms with Crippen LogP contribution in [0.3, 0.4) is 0 Å². The lowest BCUT2D eigenvalue weighted by Crippen LogP contribution is -2.38. The first kappa shape index (κ1) is 43.7. The predicted octanol–water partition coefficient (Wildman–Crippen LogP) is 7.51. The van der Waals surface area contributed by atoms with Crippen molar-refractivity contribution in [2.45, 2.75) is 63.6 Å². The van der Waals surface area contributed by atoms with Crippen molar-refractivity contribution in [1.29, 1.82) is 0 Å². The Labute approximate surface area is 366 Å². The maximum atomic E-state index is 15.6. The van der Waals surface area contributed by atoms with Gasteiger partial charge in [-0.2, -0.15) is 29.2 Å². The maximum absolute atomic E-state index is 15.6. The lowest BCUT2D eigenvalue weighted by molar-refractivity contribution is -0.123. The SMILES string of the molecule is Cc1ccc(-c2ccc3c(=O)n(-c4ccc(Cl)c5c(NS(C)(=O)=O)nn(CC(F)F)c45)c([C@H](Cc4cc(F)cc(F)c4)NC(=O)Cn4nc(C(F)F)c5c4C(F)(F)[C@@H]4C[C@H]54)nc3c2)nn1. The molecule has 2 aliphatic rings. The Morgan fingerprint density at radius 2 is 1.71 bits per heavy atom. The Balaban J connectivity index is 1.28. The zero-order valence-electron chi connectivity index (χ0n) is 33.5. The van der Waals surface area contributed by atoms with Crippen LogP contribution < -0.4 is 15.6 Å². The number of fused-ring (bicyclic) bond motifs is 5. The number of carbonyl (C=O) groups is 1. The fourth-order valence-corrected chi connectivity index (χ4v) is 9.20. The largest absolute Gasteiger partial charge is 0.344 e. The molecule has 0 unspecified atom stereocenters. The molecule has 0 aliphatic heterocycles. The van der Waals surface area contributed by atoms with Crippen molar-refractivity contribution in [3.63, 3.8) is 0 Å². The van der Waals surface area contributed by atoms with Crippen molar-refractivity contribution in [3.8, 4) is 16.9 Å². The number of nitrogens with one attached hydrogen (secondary N) is 2. The molecule has 3 atom stereocenters. The zero-order valence-corrected chi connectivity index (χ0v) is 35.1. The molecule has 0 spiro atoms. The second-order valence-electron chi connectivity index (χ2n) is 15.8. The third kappa shape index (κ3) is 8.03. The zero-order chi connectivity index (χ0) is 46.4. The van der Waals surface area contributed by atoms with E-state index in [0.29, 0.717) is 32.4 Å². The number of halogens is 9. The van der Waals surface area contributed by atoms with Gasteiger partial charge in [-0.1, -0.05) is 17.7 Å². The highest BCUT2D eigenvalue weighted by Gasteiger charge is 2.67. The molecule has 0 radical (unpaired) electrons. The number of hydrogen-bond acceptors (Lipinski definition) is 9. The normalized spacial score (nSPS) is 16.9. The summed E-state index contributed by atoms with van der Waals surface area (Å²) in [7, 11) is -4.13. The van der Waals surface area contributed by atoms with Gasteiger partial charge in [-0.3, -0.25) is 28.2 Å². The van der Waals surface area contributed by atoms with E-state index >= 15 is 13.6 Å². The number of hydrogen-bond donors (Lipinski definition) is 2. The molecule has 65 heavy (non-hydrogen) atoms. The monoisotopic (exact) mass is 946 g/mol. The van der Waals surface area contributed by atoms with E-state index in [1.54, 1.807) is 19.1 Å². The second kappa shape index (κ2) is 15.9. The Morgan fingerprint density at radius 1 is 0.969 bits per heavy atom. The van der Waals surface area contributed by atoms with Crippen molar-refractivity contribution in [2.24, 2.45) is 5.92 Å². The topological polar surface area (TPSA) is 172 Å². The second-order valence-corrected chi connectivity index (χ2v) is 17.9. The summed E-state index contributed by atoms with van der Waals surface area (Å²) in [4.78, 5) is 34.0. The van der Waals surface area contributed by atoms with Gasteiger partial charge < -0.3 is 5.32 Å². The van der Waals surface area contributed by atoms with E-state index in [4.69, 9.17) is 16.6 Å². The quantitative estimate of drug-likeness (QED) is 0.111. The number of amides is 1. The molecule has 1 amide bonds. The van der Waals surface area contributed by atoms with Crippen LogP contribution in [-0.2, 0) is 40.3 Å². The molecule has 1 saturated carbocycles. The lowest BCUT2D eigenvalue weighted by Gasteiger charge is -2.24. The summed E-state index contributed by atoms with van der Waals surface area (Å²) >= 11 is 6.57. The number of alkyl halides is 6. The van der Waals surface area contributed by atoms with Gasteiger partial charge >= 0.3 is 0 Å². The molecule has 2 aliphatic carbocycles. The maximum Gasteiger partial charge on any atom is 0.293 e. The summed E-state index contributed by atoms with van der Waals surface area (Å²) in [6, 6.07) is 10.8. The summed E-state index contributed by atoms with van der Waals surface area (Å²) in [5, 5.41) is 18.0. The fraction of sp³-hybridized carbons (Fsp3) is 0.293. The fourth-order valence-electron chi connectivity index (χ4n) is 8.46. The highest BCUT2D eigenvalue weighted by atomic mass is 35.5. The Morgan fingerprint density at radius 3 is 2.37 bits per heavy atom. The van der Waals surface area contributed by atoms with Crippen LogP contribution in [0.15, 0.2) is 65.5 Å². The van der Waals surface area contributed by atoms with Crippen LogP contribution in [0.5, 0.6) is 0 Å². The Kier molecular flexibility index (Phi) is 10.7. The van der Waals surface area contributed by atoms with E-state index in [2.05, 4.69) is 30.4 Å². The van der Waals surface area contributed by atoms with Gasteiger partial charge in [0.1, 0.15) is 41.9 Å². The number of aryl methyl sites for hydroxylation is 1. The molecule has 9 rings (SSSR count). The van der Waals surface area contributed by atoms with Gasteiger partial charge in [-0.05, 0) is 73.4 Å². The van der Waals surface area contributed by atoms with Crippen LogP contribution in [-0.4, -0.2) is 66.3 Å². The number of rotatable bonds is 13. The third-order valence-corrected chi connectivity index (χ3v) is 12.0. The van der Waals surface area contributed by atoms with Crippen LogP contribution in [0.1, 0.15) is 58.8 Å². The molecule has 14 nitrogen and oxygen atoms in total. The summed E-state index contributed by atoms with van der Waals surface area (Å²) in [5.74, 6) is -9.93. The molecule has 2 N–H and O–H groups in total. The molecular weight excluding hydrogens is 916 g/mol. The standard InChI is InChI=1S/C41H31ClF8N10O4S/c1-17-3-7-26(54-53-17)19-4-5-22-27(12-19)52-39(60(40(22)62)29-8-6-25(42)33-35(29)58(15-30(45)46)56-38(33)57-65(2,63)64)28(11-18-9-20(43)13-21(44)10-18)51-31(61)16-59-36-32(34(55-59)37(47)48)23-14-24(23)41(36,49)50/h3-10,12-13,23-24,28,30,37H,11,14-16H2,1-2H3,(H,51,61)(H,56,57)/t23-,24+,28-/m0/s1. The summed E-state index contributed by atoms with van der Waals surface area (Å²) in [6.07, 6.45) is -6.23. The average Bonchev–Trinajstić information content (AvgIpc) is 3.74. The molecule has 3 aromatic carbocycles. The molecule has 1 fully saturated rings. The Bertz CT molecular complexity index is 3250. The minimum atomic E-state index is -4.13.